The van der Waals surface area contributed by atoms with Gasteiger partial charge in [0.15, 0.2) is 0 Å². The van der Waals surface area contributed by atoms with Gasteiger partial charge in [-0.2, -0.15) is 16.6 Å². The Morgan fingerprint density at radius 2 is 2.21 bits per heavy atom. The molecule has 0 spiro atoms. The first-order valence-electron chi connectivity index (χ1n) is 6.25. The minimum absolute atomic E-state index is 0.538. The van der Waals surface area contributed by atoms with Crippen molar-refractivity contribution in [1.29, 1.82) is 5.26 Å². The molecule has 1 aliphatic carbocycles. The van der Waals surface area contributed by atoms with Crippen LogP contribution in [0, 0.1) is 11.3 Å². The highest BCUT2D eigenvalue weighted by molar-refractivity contribution is 7.07. The van der Waals surface area contributed by atoms with E-state index in [9.17, 15) is 0 Å². The van der Waals surface area contributed by atoms with Crippen LogP contribution in [0.25, 0.3) is 0 Å². The zero-order chi connectivity index (χ0) is 13.2. The lowest BCUT2D eigenvalue weighted by Gasteiger charge is -2.24. The molecule has 96 valence electrons. The van der Waals surface area contributed by atoms with Crippen molar-refractivity contribution in [2.75, 3.05) is 4.90 Å². The van der Waals surface area contributed by atoms with Gasteiger partial charge in [0, 0.05) is 18.3 Å². The van der Waals surface area contributed by atoms with Crippen molar-refractivity contribution in [3.05, 3.63) is 51.2 Å². The first-order chi connectivity index (χ1) is 9.28. The normalized spacial score (nSPS) is 14.1. The first kappa shape index (κ1) is 12.5. The van der Waals surface area contributed by atoms with E-state index in [0.29, 0.717) is 16.6 Å². The van der Waals surface area contributed by atoms with Gasteiger partial charge in [-0.1, -0.05) is 11.6 Å². The molecule has 1 saturated carbocycles. The Balaban J connectivity index is 1.88. The predicted octanol–water partition coefficient (Wildman–Crippen LogP) is 4.44. The van der Waals surface area contributed by atoms with E-state index in [0.717, 1.165) is 12.2 Å². The van der Waals surface area contributed by atoms with Gasteiger partial charge in [0.1, 0.15) is 6.07 Å². The second kappa shape index (κ2) is 5.24. The van der Waals surface area contributed by atoms with Crippen molar-refractivity contribution in [1.82, 2.24) is 0 Å². The third kappa shape index (κ3) is 2.75. The van der Waals surface area contributed by atoms with Crippen LogP contribution < -0.4 is 4.90 Å². The van der Waals surface area contributed by atoms with Crippen LogP contribution >= 0.6 is 22.9 Å². The lowest BCUT2D eigenvalue weighted by Crippen LogP contribution is -2.24. The molecule has 0 aliphatic heterocycles. The van der Waals surface area contributed by atoms with Gasteiger partial charge in [0.05, 0.1) is 10.6 Å². The lowest BCUT2D eigenvalue weighted by molar-refractivity contribution is 0.796. The van der Waals surface area contributed by atoms with E-state index in [4.69, 9.17) is 16.9 Å². The summed E-state index contributed by atoms with van der Waals surface area (Å²) in [6.07, 6.45) is 2.48. The molecule has 0 bridgehead atoms. The third-order valence-electron chi connectivity index (χ3n) is 3.33. The minimum atomic E-state index is 0.538. The van der Waals surface area contributed by atoms with Gasteiger partial charge in [-0.15, -0.1) is 0 Å². The van der Waals surface area contributed by atoms with E-state index in [1.165, 1.54) is 18.4 Å². The SMILES string of the molecule is N#Cc1ccc(N(Cc2ccsc2)C2CC2)cc1Cl. The Bertz CT molecular complexity index is 612. The number of nitriles is 1. The summed E-state index contributed by atoms with van der Waals surface area (Å²) in [7, 11) is 0. The van der Waals surface area contributed by atoms with E-state index in [1.807, 2.05) is 12.1 Å². The van der Waals surface area contributed by atoms with E-state index < -0.39 is 0 Å². The topological polar surface area (TPSA) is 27.0 Å². The summed E-state index contributed by atoms with van der Waals surface area (Å²) in [6, 6.07) is 10.6. The van der Waals surface area contributed by atoms with Gasteiger partial charge in [-0.05, 0) is 53.4 Å². The van der Waals surface area contributed by atoms with Gasteiger partial charge >= 0.3 is 0 Å². The molecule has 4 heteroatoms. The van der Waals surface area contributed by atoms with Crippen LogP contribution in [0.1, 0.15) is 24.0 Å². The molecule has 3 rings (SSSR count). The van der Waals surface area contributed by atoms with Crippen molar-refractivity contribution in [2.45, 2.75) is 25.4 Å². The molecular weight excluding hydrogens is 276 g/mol. The molecular formula is C15H13ClN2S. The minimum Gasteiger partial charge on any atom is -0.364 e. The zero-order valence-corrected chi connectivity index (χ0v) is 11.9. The Kier molecular flexibility index (Phi) is 3.46. The number of halogens is 1. The van der Waals surface area contributed by atoms with Crippen LogP contribution in [0.15, 0.2) is 35.0 Å². The highest BCUT2D eigenvalue weighted by atomic mass is 35.5. The summed E-state index contributed by atoms with van der Waals surface area (Å²) < 4.78 is 0. The van der Waals surface area contributed by atoms with Crippen molar-refractivity contribution in [3.8, 4) is 6.07 Å². The average molecular weight is 289 g/mol. The highest BCUT2D eigenvalue weighted by Crippen LogP contribution is 2.35. The van der Waals surface area contributed by atoms with Crippen molar-refractivity contribution in [3.63, 3.8) is 0 Å². The van der Waals surface area contributed by atoms with Crippen LogP contribution in [0.5, 0.6) is 0 Å². The molecule has 0 N–H and O–H groups in total. The van der Waals surface area contributed by atoms with Crippen molar-refractivity contribution >= 4 is 28.6 Å². The fraction of sp³-hybridized carbons (Fsp3) is 0.267. The molecule has 1 heterocycles. The molecule has 2 nitrogen and oxygen atoms in total. The largest absolute Gasteiger partial charge is 0.364 e. The molecule has 0 radical (unpaired) electrons. The molecule has 0 amide bonds. The van der Waals surface area contributed by atoms with Crippen LogP contribution in [0.2, 0.25) is 5.02 Å². The number of anilines is 1. The van der Waals surface area contributed by atoms with Crippen LogP contribution in [-0.4, -0.2) is 6.04 Å². The standard InChI is InChI=1S/C15H13ClN2S/c16-15-7-14(2-1-12(15)8-17)18(13-3-4-13)9-11-5-6-19-10-11/h1-2,5-7,10,13H,3-4,9H2. The van der Waals surface area contributed by atoms with Gasteiger partial charge < -0.3 is 4.90 Å². The van der Waals surface area contributed by atoms with Gasteiger partial charge in [-0.3, -0.25) is 0 Å². The molecule has 0 atom stereocenters. The number of benzene rings is 1. The summed E-state index contributed by atoms with van der Waals surface area (Å²) in [5.41, 5.74) is 2.98. The average Bonchev–Trinajstić information content (AvgIpc) is 3.13. The van der Waals surface area contributed by atoms with Gasteiger partial charge in [0.25, 0.3) is 0 Å². The Morgan fingerprint density at radius 1 is 1.37 bits per heavy atom. The molecule has 1 fully saturated rings. The molecule has 2 aromatic rings. The van der Waals surface area contributed by atoms with Crippen LogP contribution in [0.3, 0.4) is 0 Å². The molecule has 1 aliphatic rings. The fourth-order valence-corrected chi connectivity index (χ4v) is 3.05. The molecule has 1 aromatic carbocycles. The third-order valence-corrected chi connectivity index (χ3v) is 4.37. The van der Waals surface area contributed by atoms with Crippen molar-refractivity contribution < 1.29 is 0 Å². The van der Waals surface area contributed by atoms with E-state index >= 15 is 0 Å². The Hall–Kier alpha value is -1.50. The van der Waals surface area contributed by atoms with Gasteiger partial charge in [0.2, 0.25) is 0 Å². The Morgan fingerprint density at radius 3 is 2.79 bits per heavy atom. The second-order valence-electron chi connectivity index (χ2n) is 4.77. The summed E-state index contributed by atoms with van der Waals surface area (Å²) in [4.78, 5) is 2.38. The maximum atomic E-state index is 8.93. The molecule has 0 unspecified atom stereocenters. The number of hydrogen-bond donors (Lipinski definition) is 0. The number of thiophene rings is 1. The fourth-order valence-electron chi connectivity index (χ4n) is 2.17. The molecule has 1 aromatic heterocycles. The van der Waals surface area contributed by atoms with Crippen molar-refractivity contribution in [2.24, 2.45) is 0 Å². The Labute approximate surface area is 121 Å². The van der Waals surface area contributed by atoms with E-state index in [1.54, 1.807) is 17.4 Å². The number of hydrogen-bond acceptors (Lipinski definition) is 3. The first-order valence-corrected chi connectivity index (χ1v) is 7.57. The van der Waals surface area contributed by atoms with E-state index in [-0.39, 0.29) is 0 Å². The quantitative estimate of drug-likeness (QED) is 0.831. The second-order valence-corrected chi connectivity index (χ2v) is 5.95. The maximum absolute atomic E-state index is 8.93. The summed E-state index contributed by atoms with van der Waals surface area (Å²) in [5, 5.41) is 13.8. The predicted molar refractivity (Wildman–Crippen MR) is 79.7 cm³/mol. The van der Waals surface area contributed by atoms with Crippen LogP contribution in [-0.2, 0) is 6.54 Å². The summed E-state index contributed by atoms with van der Waals surface area (Å²) in [6.45, 7) is 0.913. The number of rotatable bonds is 4. The van der Waals surface area contributed by atoms with Gasteiger partial charge in [-0.25, -0.2) is 0 Å². The van der Waals surface area contributed by atoms with Crippen LogP contribution in [0.4, 0.5) is 5.69 Å². The maximum Gasteiger partial charge on any atom is 0.101 e. The molecule has 19 heavy (non-hydrogen) atoms. The summed E-state index contributed by atoms with van der Waals surface area (Å²) >= 11 is 7.86. The van der Waals surface area contributed by atoms with E-state index in [2.05, 4.69) is 27.8 Å². The highest BCUT2D eigenvalue weighted by Gasteiger charge is 2.29. The zero-order valence-electron chi connectivity index (χ0n) is 10.3. The monoisotopic (exact) mass is 288 g/mol. The number of nitrogens with zero attached hydrogens (tertiary/aromatic N) is 2. The molecule has 0 saturated heterocycles. The summed E-state index contributed by atoms with van der Waals surface area (Å²) in [5.74, 6) is 0. The lowest BCUT2D eigenvalue weighted by atomic mass is 10.2. The smallest absolute Gasteiger partial charge is 0.101 e.